The number of hydrogen-bond acceptors (Lipinski definition) is 3. The summed E-state index contributed by atoms with van der Waals surface area (Å²) in [6, 6.07) is 4.17. The molecular weight excluding hydrogens is 176 g/mol. The summed E-state index contributed by atoms with van der Waals surface area (Å²) in [7, 11) is 3.73. The first kappa shape index (κ1) is 11.0. The lowest BCUT2D eigenvalue weighted by molar-refractivity contribution is 0.206. The molecule has 0 radical (unpaired) electrons. The molecule has 14 heavy (non-hydrogen) atoms. The predicted molar refractivity (Wildman–Crippen MR) is 58.8 cm³/mol. The normalized spacial score (nSPS) is 10.2. The van der Waals surface area contributed by atoms with Crippen LogP contribution in [0.25, 0.3) is 0 Å². The highest BCUT2D eigenvalue weighted by Crippen LogP contribution is 2.09. The van der Waals surface area contributed by atoms with E-state index in [0.717, 1.165) is 25.4 Å². The molecule has 3 heteroatoms. The van der Waals surface area contributed by atoms with Gasteiger partial charge in [0.05, 0.1) is 6.61 Å². The van der Waals surface area contributed by atoms with Gasteiger partial charge in [-0.3, -0.25) is 0 Å². The monoisotopic (exact) mass is 194 g/mol. The third-order valence-electron chi connectivity index (χ3n) is 2.24. The van der Waals surface area contributed by atoms with E-state index in [-0.39, 0.29) is 0 Å². The van der Waals surface area contributed by atoms with Crippen molar-refractivity contribution in [2.45, 2.75) is 13.3 Å². The van der Waals surface area contributed by atoms with Crippen molar-refractivity contribution in [3.8, 4) is 0 Å². The minimum absolute atomic E-state index is 0.730. The molecule has 0 aromatic carbocycles. The Kier molecular flexibility index (Phi) is 4.40. The summed E-state index contributed by atoms with van der Waals surface area (Å²) in [6.07, 6.45) is 2.97. The molecule has 0 amide bonds. The molecular formula is C11H18N2O. The molecule has 1 aromatic heterocycles. The van der Waals surface area contributed by atoms with Crippen LogP contribution in [0.1, 0.15) is 12.5 Å². The van der Waals surface area contributed by atoms with E-state index >= 15 is 0 Å². The summed E-state index contributed by atoms with van der Waals surface area (Å²) < 4.78 is 5.01. The standard InChI is InChI=1S/C11H18N2O/c1-4-10-5-6-11(12-9-10)13(2)7-8-14-3/h5-6,9H,4,7-8H2,1-3H3. The van der Waals surface area contributed by atoms with Gasteiger partial charge in [0, 0.05) is 26.9 Å². The van der Waals surface area contributed by atoms with Gasteiger partial charge in [-0.1, -0.05) is 13.0 Å². The SMILES string of the molecule is CCc1ccc(N(C)CCOC)nc1. The number of likely N-dealkylation sites (N-methyl/N-ethyl adjacent to an activating group) is 1. The molecule has 3 nitrogen and oxygen atoms in total. The number of aryl methyl sites for hydroxylation is 1. The molecule has 0 spiro atoms. The lowest BCUT2D eigenvalue weighted by Gasteiger charge is -2.17. The summed E-state index contributed by atoms with van der Waals surface area (Å²) in [6.45, 7) is 3.73. The van der Waals surface area contributed by atoms with Crippen molar-refractivity contribution in [1.29, 1.82) is 0 Å². The summed E-state index contributed by atoms with van der Waals surface area (Å²) in [5.41, 5.74) is 1.27. The number of rotatable bonds is 5. The van der Waals surface area contributed by atoms with E-state index in [4.69, 9.17) is 4.74 Å². The van der Waals surface area contributed by atoms with Gasteiger partial charge in [0.25, 0.3) is 0 Å². The van der Waals surface area contributed by atoms with Crippen molar-refractivity contribution >= 4 is 5.82 Å². The van der Waals surface area contributed by atoms with Crippen LogP contribution >= 0.6 is 0 Å². The van der Waals surface area contributed by atoms with Crippen LogP contribution in [-0.2, 0) is 11.2 Å². The maximum absolute atomic E-state index is 5.01. The molecule has 0 saturated carbocycles. The van der Waals surface area contributed by atoms with E-state index in [2.05, 4.69) is 28.9 Å². The first-order chi connectivity index (χ1) is 6.77. The average molecular weight is 194 g/mol. The zero-order valence-electron chi connectivity index (χ0n) is 9.16. The van der Waals surface area contributed by atoms with Gasteiger partial charge in [-0.05, 0) is 18.1 Å². The quantitative estimate of drug-likeness (QED) is 0.713. The fourth-order valence-electron chi connectivity index (χ4n) is 1.19. The van der Waals surface area contributed by atoms with Crippen LogP contribution < -0.4 is 4.90 Å². The van der Waals surface area contributed by atoms with Crippen molar-refractivity contribution in [2.24, 2.45) is 0 Å². The van der Waals surface area contributed by atoms with E-state index in [1.807, 2.05) is 13.2 Å². The van der Waals surface area contributed by atoms with Crippen molar-refractivity contribution < 1.29 is 4.74 Å². The maximum atomic E-state index is 5.01. The molecule has 0 bridgehead atoms. The number of hydrogen-bond donors (Lipinski definition) is 0. The highest BCUT2D eigenvalue weighted by atomic mass is 16.5. The Morgan fingerprint density at radius 2 is 2.21 bits per heavy atom. The second kappa shape index (κ2) is 5.60. The Morgan fingerprint density at radius 1 is 1.43 bits per heavy atom. The molecule has 1 rings (SSSR count). The van der Waals surface area contributed by atoms with Gasteiger partial charge < -0.3 is 9.64 Å². The molecule has 0 aliphatic carbocycles. The number of methoxy groups -OCH3 is 1. The second-order valence-corrected chi connectivity index (χ2v) is 3.29. The third-order valence-corrected chi connectivity index (χ3v) is 2.24. The lowest BCUT2D eigenvalue weighted by atomic mass is 10.2. The summed E-state index contributed by atoms with van der Waals surface area (Å²) in [5.74, 6) is 0.999. The van der Waals surface area contributed by atoms with Crippen LogP contribution in [0.3, 0.4) is 0 Å². The van der Waals surface area contributed by atoms with Gasteiger partial charge in [-0.15, -0.1) is 0 Å². The summed E-state index contributed by atoms with van der Waals surface area (Å²) in [4.78, 5) is 6.46. The molecule has 0 unspecified atom stereocenters. The number of aromatic nitrogens is 1. The zero-order chi connectivity index (χ0) is 10.4. The fourth-order valence-corrected chi connectivity index (χ4v) is 1.19. The number of pyridine rings is 1. The molecule has 0 aliphatic heterocycles. The molecule has 0 fully saturated rings. The first-order valence-corrected chi connectivity index (χ1v) is 4.93. The Morgan fingerprint density at radius 3 is 2.71 bits per heavy atom. The second-order valence-electron chi connectivity index (χ2n) is 3.29. The van der Waals surface area contributed by atoms with E-state index in [9.17, 15) is 0 Å². The van der Waals surface area contributed by atoms with Crippen LogP contribution in [0.15, 0.2) is 18.3 Å². The van der Waals surface area contributed by atoms with Crippen molar-refractivity contribution in [1.82, 2.24) is 4.98 Å². The highest BCUT2D eigenvalue weighted by molar-refractivity contribution is 5.38. The lowest BCUT2D eigenvalue weighted by Crippen LogP contribution is -2.22. The van der Waals surface area contributed by atoms with Crippen molar-refractivity contribution in [3.63, 3.8) is 0 Å². The Bertz CT molecular complexity index is 258. The largest absolute Gasteiger partial charge is 0.383 e. The van der Waals surface area contributed by atoms with Crippen LogP contribution in [-0.4, -0.2) is 32.3 Å². The van der Waals surface area contributed by atoms with Gasteiger partial charge in [-0.25, -0.2) is 4.98 Å². The summed E-state index contributed by atoms with van der Waals surface area (Å²) >= 11 is 0. The first-order valence-electron chi connectivity index (χ1n) is 4.93. The smallest absolute Gasteiger partial charge is 0.128 e. The molecule has 1 aromatic rings. The topological polar surface area (TPSA) is 25.4 Å². The van der Waals surface area contributed by atoms with Crippen LogP contribution in [0.4, 0.5) is 5.82 Å². The molecule has 0 aliphatic rings. The van der Waals surface area contributed by atoms with E-state index in [1.165, 1.54) is 5.56 Å². The number of nitrogens with zero attached hydrogens (tertiary/aromatic N) is 2. The molecule has 78 valence electrons. The fraction of sp³-hybridized carbons (Fsp3) is 0.545. The molecule has 0 N–H and O–H groups in total. The highest BCUT2D eigenvalue weighted by Gasteiger charge is 2.00. The maximum Gasteiger partial charge on any atom is 0.128 e. The number of anilines is 1. The van der Waals surface area contributed by atoms with Crippen LogP contribution in [0.2, 0.25) is 0 Å². The molecule has 0 atom stereocenters. The molecule has 0 saturated heterocycles. The van der Waals surface area contributed by atoms with Crippen molar-refractivity contribution in [2.75, 3.05) is 32.2 Å². The Balaban J connectivity index is 2.57. The minimum atomic E-state index is 0.730. The summed E-state index contributed by atoms with van der Waals surface area (Å²) in [5, 5.41) is 0. The van der Waals surface area contributed by atoms with Gasteiger partial charge in [-0.2, -0.15) is 0 Å². The third kappa shape index (κ3) is 3.00. The zero-order valence-corrected chi connectivity index (χ0v) is 9.16. The Hall–Kier alpha value is -1.09. The number of ether oxygens (including phenoxy) is 1. The minimum Gasteiger partial charge on any atom is -0.383 e. The van der Waals surface area contributed by atoms with Crippen molar-refractivity contribution in [3.05, 3.63) is 23.9 Å². The van der Waals surface area contributed by atoms with Gasteiger partial charge in [0.15, 0.2) is 0 Å². The predicted octanol–water partition coefficient (Wildman–Crippen LogP) is 1.73. The van der Waals surface area contributed by atoms with E-state index in [0.29, 0.717) is 0 Å². The average Bonchev–Trinajstić information content (AvgIpc) is 2.26. The molecule has 1 heterocycles. The van der Waals surface area contributed by atoms with E-state index < -0.39 is 0 Å². The van der Waals surface area contributed by atoms with Crippen LogP contribution in [0, 0.1) is 0 Å². The van der Waals surface area contributed by atoms with E-state index in [1.54, 1.807) is 7.11 Å². The Labute approximate surface area is 85.7 Å². The van der Waals surface area contributed by atoms with Gasteiger partial charge in [0.2, 0.25) is 0 Å². The van der Waals surface area contributed by atoms with Gasteiger partial charge in [0.1, 0.15) is 5.82 Å². The van der Waals surface area contributed by atoms with Gasteiger partial charge >= 0.3 is 0 Å². The van der Waals surface area contributed by atoms with Crippen LogP contribution in [0.5, 0.6) is 0 Å².